The highest BCUT2D eigenvalue weighted by Gasteiger charge is 2.34. The second kappa shape index (κ2) is 10.5. The van der Waals surface area contributed by atoms with Gasteiger partial charge in [-0.25, -0.2) is 23.5 Å². The number of nitrogens with zero attached hydrogens (tertiary/aromatic N) is 4. The molecule has 2 atom stereocenters. The van der Waals surface area contributed by atoms with Crippen LogP contribution >= 0.6 is 0 Å². The van der Waals surface area contributed by atoms with Gasteiger partial charge in [0.05, 0.1) is 25.1 Å². The van der Waals surface area contributed by atoms with Crippen molar-refractivity contribution in [2.24, 2.45) is 11.7 Å². The number of anilines is 1. The van der Waals surface area contributed by atoms with Crippen molar-refractivity contribution in [3.63, 3.8) is 0 Å². The molecular weight excluding hydrogens is 444 g/mol. The van der Waals surface area contributed by atoms with E-state index in [0.717, 1.165) is 25.0 Å². The van der Waals surface area contributed by atoms with Gasteiger partial charge in [0.25, 0.3) is 0 Å². The van der Waals surface area contributed by atoms with E-state index in [4.69, 9.17) is 15.2 Å². The summed E-state index contributed by atoms with van der Waals surface area (Å²) in [6.45, 7) is 6.34. The normalized spacial score (nSPS) is 21.2. The lowest BCUT2D eigenvalue weighted by atomic mass is 9.94. The van der Waals surface area contributed by atoms with Crippen LogP contribution in [0.25, 0.3) is 0 Å². The van der Waals surface area contributed by atoms with Crippen LogP contribution in [-0.2, 0) is 4.74 Å². The Bertz CT molecular complexity index is 983. The fraction of sp³-hybridized carbons (Fsp3) is 0.542. The summed E-state index contributed by atoms with van der Waals surface area (Å²) in [6.07, 6.45) is 4.52. The smallest absolute Gasteiger partial charge is 0.410 e. The first-order valence-electron chi connectivity index (χ1n) is 11.7. The van der Waals surface area contributed by atoms with Crippen molar-refractivity contribution in [3.05, 3.63) is 47.8 Å². The average Bonchev–Trinajstić information content (AvgIpc) is 3.21. The molecule has 0 aliphatic carbocycles. The van der Waals surface area contributed by atoms with Crippen LogP contribution < -0.4 is 15.4 Å². The predicted molar refractivity (Wildman–Crippen MR) is 123 cm³/mol. The fourth-order valence-corrected chi connectivity index (χ4v) is 4.44. The second-order valence-corrected chi connectivity index (χ2v) is 9.23. The Morgan fingerprint density at radius 2 is 1.88 bits per heavy atom. The Morgan fingerprint density at radius 1 is 1.18 bits per heavy atom. The third-order valence-electron chi connectivity index (χ3n) is 6.31. The van der Waals surface area contributed by atoms with E-state index in [0.29, 0.717) is 50.4 Å². The van der Waals surface area contributed by atoms with Gasteiger partial charge in [-0.3, -0.25) is 0 Å². The van der Waals surface area contributed by atoms with Crippen molar-refractivity contribution >= 4 is 12.0 Å². The van der Waals surface area contributed by atoms with Gasteiger partial charge in [0.2, 0.25) is 5.95 Å². The number of halogens is 2. The average molecular weight is 476 g/mol. The number of carbonyl (C=O) groups is 1. The number of amides is 1. The molecule has 0 spiro atoms. The number of hydrogen-bond donors (Lipinski definition) is 1. The number of ether oxygens (including phenoxy) is 2. The largest absolute Gasteiger partial charge is 0.490 e. The molecule has 1 aromatic carbocycles. The minimum atomic E-state index is -0.485. The summed E-state index contributed by atoms with van der Waals surface area (Å²) in [5.41, 5.74) is 6.50. The van der Waals surface area contributed by atoms with Gasteiger partial charge in [-0.1, -0.05) is 0 Å². The molecule has 2 saturated heterocycles. The third-order valence-corrected chi connectivity index (χ3v) is 6.31. The Balaban J connectivity index is 1.27. The summed E-state index contributed by atoms with van der Waals surface area (Å²) in [4.78, 5) is 24.4. The number of piperidine rings is 1. The first-order valence-corrected chi connectivity index (χ1v) is 11.7. The minimum absolute atomic E-state index is 0.124. The van der Waals surface area contributed by atoms with Crippen molar-refractivity contribution in [1.29, 1.82) is 0 Å². The van der Waals surface area contributed by atoms with E-state index < -0.39 is 11.6 Å². The van der Waals surface area contributed by atoms with Gasteiger partial charge in [-0.2, -0.15) is 0 Å². The second-order valence-electron chi connectivity index (χ2n) is 9.23. The number of nitrogens with two attached hydrogens (primary N) is 1. The van der Waals surface area contributed by atoms with Crippen molar-refractivity contribution in [3.8, 4) is 5.75 Å². The van der Waals surface area contributed by atoms with Crippen molar-refractivity contribution < 1.29 is 23.0 Å². The van der Waals surface area contributed by atoms with Gasteiger partial charge in [0, 0.05) is 38.1 Å². The Labute approximate surface area is 198 Å². The van der Waals surface area contributed by atoms with Crippen LogP contribution in [0.5, 0.6) is 5.75 Å². The Kier molecular flexibility index (Phi) is 7.45. The number of carbonyl (C=O) groups excluding carboxylic acids is 1. The number of hydrogen-bond acceptors (Lipinski definition) is 7. The van der Waals surface area contributed by atoms with E-state index in [-0.39, 0.29) is 29.7 Å². The van der Waals surface area contributed by atoms with Gasteiger partial charge in [0.15, 0.2) is 5.75 Å². The number of aromatic nitrogens is 2. The Morgan fingerprint density at radius 3 is 2.56 bits per heavy atom. The minimum Gasteiger partial charge on any atom is -0.490 e. The highest BCUT2D eigenvalue weighted by molar-refractivity contribution is 5.67. The van der Waals surface area contributed by atoms with Crippen LogP contribution in [0.4, 0.5) is 19.5 Å². The van der Waals surface area contributed by atoms with Crippen LogP contribution in [0.1, 0.15) is 38.2 Å². The number of benzene rings is 1. The summed E-state index contributed by atoms with van der Waals surface area (Å²) in [6, 6.07) is 3.07. The molecule has 0 bridgehead atoms. The van der Waals surface area contributed by atoms with Crippen LogP contribution in [0.3, 0.4) is 0 Å². The summed E-state index contributed by atoms with van der Waals surface area (Å²) in [5, 5.41) is 0. The molecule has 2 aliphatic heterocycles. The molecule has 2 N–H and O–H groups in total. The predicted octanol–water partition coefficient (Wildman–Crippen LogP) is 3.32. The molecule has 2 aromatic rings. The maximum atomic E-state index is 14.2. The summed E-state index contributed by atoms with van der Waals surface area (Å²) in [5.74, 6) is 0.0675. The first-order chi connectivity index (χ1) is 16.3. The summed E-state index contributed by atoms with van der Waals surface area (Å²) in [7, 11) is 0. The molecular formula is C24H31F2N5O3. The monoisotopic (exact) mass is 475 g/mol. The molecule has 2 unspecified atom stereocenters. The zero-order chi connectivity index (χ0) is 24.2. The molecule has 10 heteroatoms. The van der Waals surface area contributed by atoms with E-state index in [1.54, 1.807) is 17.3 Å². The first kappa shape index (κ1) is 24.1. The fourth-order valence-electron chi connectivity index (χ4n) is 4.44. The highest BCUT2D eigenvalue weighted by Crippen LogP contribution is 2.31. The quantitative estimate of drug-likeness (QED) is 0.685. The van der Waals surface area contributed by atoms with Gasteiger partial charge < -0.3 is 25.0 Å². The molecule has 184 valence electrons. The zero-order valence-electron chi connectivity index (χ0n) is 19.5. The van der Waals surface area contributed by atoms with Crippen LogP contribution in [0.2, 0.25) is 0 Å². The van der Waals surface area contributed by atoms with Crippen LogP contribution in [0, 0.1) is 17.6 Å². The molecule has 0 radical (unpaired) electrons. The number of rotatable bonds is 6. The molecule has 1 aromatic heterocycles. The van der Waals surface area contributed by atoms with Gasteiger partial charge in [0.1, 0.15) is 11.6 Å². The van der Waals surface area contributed by atoms with E-state index in [2.05, 4.69) is 9.97 Å². The molecule has 4 rings (SSSR count). The molecule has 2 fully saturated rings. The lowest BCUT2D eigenvalue weighted by Crippen LogP contribution is -2.40. The van der Waals surface area contributed by atoms with E-state index in [1.807, 2.05) is 18.7 Å². The summed E-state index contributed by atoms with van der Waals surface area (Å²) < 4.78 is 38.9. The van der Waals surface area contributed by atoms with E-state index >= 15 is 0 Å². The van der Waals surface area contributed by atoms with E-state index in [1.165, 1.54) is 6.07 Å². The SMILES string of the molecule is CC(C)OC(=O)N1CCC(COc2cnc(N3CC(N)C(c4cc(F)ccc4F)C3)nc2)CC1. The van der Waals surface area contributed by atoms with Crippen molar-refractivity contribution in [2.75, 3.05) is 37.7 Å². The van der Waals surface area contributed by atoms with Gasteiger partial charge >= 0.3 is 6.09 Å². The lowest BCUT2D eigenvalue weighted by molar-refractivity contribution is 0.0608. The molecule has 34 heavy (non-hydrogen) atoms. The van der Waals surface area contributed by atoms with E-state index in [9.17, 15) is 13.6 Å². The molecule has 2 aliphatic rings. The number of likely N-dealkylation sites (tertiary alicyclic amines) is 1. The molecule has 1 amide bonds. The Hall–Kier alpha value is -3.01. The van der Waals surface area contributed by atoms with Crippen molar-refractivity contribution in [1.82, 2.24) is 14.9 Å². The molecule has 3 heterocycles. The highest BCUT2D eigenvalue weighted by atomic mass is 19.1. The maximum Gasteiger partial charge on any atom is 0.410 e. The van der Waals surface area contributed by atoms with Crippen LogP contribution in [-0.4, -0.2) is 65.9 Å². The maximum absolute atomic E-state index is 14.2. The molecule has 8 nitrogen and oxygen atoms in total. The lowest BCUT2D eigenvalue weighted by Gasteiger charge is -2.31. The van der Waals surface area contributed by atoms with Gasteiger partial charge in [-0.05, 0) is 56.4 Å². The topological polar surface area (TPSA) is 93.8 Å². The van der Waals surface area contributed by atoms with Crippen LogP contribution in [0.15, 0.2) is 30.6 Å². The zero-order valence-corrected chi connectivity index (χ0v) is 19.5. The van der Waals surface area contributed by atoms with Gasteiger partial charge in [-0.15, -0.1) is 0 Å². The standard InChI is InChI=1S/C24H31F2N5O3/c1-15(2)34-24(32)30-7-5-16(6-8-30)14-33-18-10-28-23(29-11-18)31-12-20(22(27)13-31)19-9-17(25)3-4-21(19)26/h3-4,9-11,15-16,20,22H,5-8,12-14,27H2,1-2H3. The van der Waals surface area contributed by atoms with Crippen molar-refractivity contribution in [2.45, 2.75) is 44.8 Å². The summed E-state index contributed by atoms with van der Waals surface area (Å²) >= 11 is 0. The molecule has 0 saturated carbocycles. The third kappa shape index (κ3) is 5.72.